The molecule has 0 spiro atoms. The van der Waals surface area contributed by atoms with Gasteiger partial charge in [0.1, 0.15) is 5.75 Å². The molecule has 0 radical (unpaired) electrons. The van der Waals surface area contributed by atoms with Crippen molar-refractivity contribution < 1.29 is 22.7 Å². The lowest BCUT2D eigenvalue weighted by atomic mass is 10.2. The van der Waals surface area contributed by atoms with E-state index in [9.17, 15) is 13.2 Å². The Kier molecular flexibility index (Phi) is 7.47. The average molecular weight is 449 g/mol. The van der Waals surface area contributed by atoms with Gasteiger partial charge in [-0.15, -0.1) is 0 Å². The summed E-state index contributed by atoms with van der Waals surface area (Å²) in [6, 6.07) is 10.4. The summed E-state index contributed by atoms with van der Waals surface area (Å²) in [7, 11) is -3.47. The first-order chi connectivity index (χ1) is 14.7. The van der Waals surface area contributed by atoms with Crippen LogP contribution in [0.4, 0.5) is 10.5 Å². The van der Waals surface area contributed by atoms with E-state index in [4.69, 9.17) is 9.47 Å². The number of amides is 2. The first-order valence-electron chi connectivity index (χ1n) is 10.1. The number of ether oxygens (including phenoxy) is 2. The minimum absolute atomic E-state index is 0.00364. The first kappa shape index (κ1) is 23.0. The number of hydrogen-bond acceptors (Lipinski definition) is 6. The maximum atomic E-state index is 12.5. The molecule has 1 aliphatic heterocycles. The minimum Gasteiger partial charge on any atom is -0.439 e. The van der Waals surface area contributed by atoms with E-state index in [2.05, 4.69) is 15.6 Å². The van der Waals surface area contributed by atoms with Gasteiger partial charge in [0.2, 0.25) is 15.9 Å². The predicted octanol–water partition coefficient (Wildman–Crippen LogP) is 2.74. The number of nitrogens with one attached hydrogen (secondary N) is 2. The zero-order valence-corrected chi connectivity index (χ0v) is 18.7. The molecule has 168 valence electrons. The second-order valence-electron chi connectivity index (χ2n) is 7.57. The number of hydrogen-bond donors (Lipinski definition) is 2. The van der Waals surface area contributed by atoms with Crippen LogP contribution in [0, 0.1) is 6.92 Å². The molecule has 0 bridgehead atoms. The Balaban J connectivity index is 1.44. The van der Waals surface area contributed by atoms with Gasteiger partial charge in [-0.3, -0.25) is 0 Å². The van der Waals surface area contributed by atoms with E-state index in [1.165, 1.54) is 10.5 Å². The second kappa shape index (κ2) is 10.1. The van der Waals surface area contributed by atoms with Crippen molar-refractivity contribution >= 4 is 21.7 Å². The third kappa shape index (κ3) is 6.91. The van der Waals surface area contributed by atoms with Gasteiger partial charge < -0.3 is 20.1 Å². The summed E-state index contributed by atoms with van der Waals surface area (Å²) in [5, 5.41) is 5.19. The molecular weight excluding hydrogens is 420 g/mol. The summed E-state index contributed by atoms with van der Waals surface area (Å²) in [5.74, 6) is 0.887. The quantitative estimate of drug-likeness (QED) is 0.674. The standard InChI is InChI=1S/C21H28N4O5S/c1-15-4-7-19(8-5-15)30-20-9-6-18(12-23-20)24-21(26)22-10-11-31(27,28)25-13-16(2)29-17(3)14-25/h4-9,12,16-17H,10-11,13-14H2,1-3H3,(H2,22,24,26)/t16-,17+. The number of aromatic nitrogens is 1. The topological polar surface area (TPSA) is 110 Å². The molecule has 1 aromatic heterocycles. The molecule has 10 heteroatoms. The monoisotopic (exact) mass is 448 g/mol. The zero-order valence-electron chi connectivity index (χ0n) is 17.9. The summed E-state index contributed by atoms with van der Waals surface area (Å²) in [6.07, 6.45) is 1.16. The summed E-state index contributed by atoms with van der Waals surface area (Å²) >= 11 is 0. The molecule has 31 heavy (non-hydrogen) atoms. The highest BCUT2D eigenvalue weighted by molar-refractivity contribution is 7.89. The van der Waals surface area contributed by atoms with E-state index in [-0.39, 0.29) is 24.5 Å². The fourth-order valence-corrected chi connectivity index (χ4v) is 4.69. The van der Waals surface area contributed by atoms with Crippen LogP contribution < -0.4 is 15.4 Å². The molecule has 1 aliphatic rings. The summed E-state index contributed by atoms with van der Waals surface area (Å²) < 4.78 is 37.6. The van der Waals surface area contributed by atoms with Crippen LogP contribution in [0.1, 0.15) is 19.4 Å². The molecule has 2 amide bonds. The van der Waals surface area contributed by atoms with Crippen molar-refractivity contribution in [2.24, 2.45) is 0 Å². The normalized spacial score (nSPS) is 19.6. The first-order valence-corrected chi connectivity index (χ1v) is 11.7. The highest BCUT2D eigenvalue weighted by Gasteiger charge is 2.30. The van der Waals surface area contributed by atoms with Crippen LogP contribution in [0.15, 0.2) is 42.6 Å². The molecule has 2 aromatic rings. The fourth-order valence-electron chi connectivity index (χ4n) is 3.20. The van der Waals surface area contributed by atoms with Gasteiger partial charge in [0, 0.05) is 25.7 Å². The van der Waals surface area contributed by atoms with Crippen LogP contribution in [0.5, 0.6) is 11.6 Å². The van der Waals surface area contributed by atoms with E-state index >= 15 is 0 Å². The number of pyridine rings is 1. The smallest absolute Gasteiger partial charge is 0.319 e. The van der Waals surface area contributed by atoms with Gasteiger partial charge >= 0.3 is 6.03 Å². The van der Waals surface area contributed by atoms with Crippen LogP contribution in [-0.4, -0.2) is 61.3 Å². The lowest BCUT2D eigenvalue weighted by Gasteiger charge is -2.34. The minimum atomic E-state index is -3.47. The molecule has 0 saturated carbocycles. The number of carbonyl (C=O) groups is 1. The Morgan fingerprint density at radius 1 is 1.16 bits per heavy atom. The van der Waals surface area contributed by atoms with Gasteiger partial charge in [-0.25, -0.2) is 18.2 Å². The molecule has 2 heterocycles. The molecule has 1 fully saturated rings. The van der Waals surface area contributed by atoms with Crippen molar-refractivity contribution in [1.82, 2.24) is 14.6 Å². The van der Waals surface area contributed by atoms with Gasteiger partial charge in [-0.2, -0.15) is 4.31 Å². The maximum Gasteiger partial charge on any atom is 0.319 e. The van der Waals surface area contributed by atoms with Crippen LogP contribution in [0.2, 0.25) is 0 Å². The van der Waals surface area contributed by atoms with Crippen LogP contribution >= 0.6 is 0 Å². The number of carbonyl (C=O) groups excluding carboxylic acids is 1. The van der Waals surface area contributed by atoms with Crippen molar-refractivity contribution in [3.05, 3.63) is 48.2 Å². The summed E-state index contributed by atoms with van der Waals surface area (Å²) in [6.45, 7) is 6.32. The SMILES string of the molecule is Cc1ccc(Oc2ccc(NC(=O)NCCS(=O)(=O)N3C[C@@H](C)O[C@@H](C)C3)cn2)cc1. The molecule has 9 nitrogen and oxygen atoms in total. The molecule has 2 N–H and O–H groups in total. The predicted molar refractivity (Wildman–Crippen MR) is 118 cm³/mol. The van der Waals surface area contributed by atoms with Crippen molar-refractivity contribution in [1.29, 1.82) is 0 Å². The molecule has 0 aliphatic carbocycles. The van der Waals surface area contributed by atoms with Gasteiger partial charge in [0.15, 0.2) is 0 Å². The number of morpholine rings is 1. The number of aryl methyl sites for hydroxylation is 1. The van der Waals surface area contributed by atoms with E-state index in [0.717, 1.165) is 5.56 Å². The van der Waals surface area contributed by atoms with Gasteiger partial charge in [0.05, 0.1) is 29.8 Å². The largest absolute Gasteiger partial charge is 0.439 e. The highest BCUT2D eigenvalue weighted by Crippen LogP contribution is 2.20. The number of nitrogens with zero attached hydrogens (tertiary/aromatic N) is 2. The van der Waals surface area contributed by atoms with E-state index in [0.29, 0.717) is 30.4 Å². The van der Waals surface area contributed by atoms with Gasteiger partial charge in [-0.1, -0.05) is 17.7 Å². The number of anilines is 1. The fraction of sp³-hybridized carbons (Fsp3) is 0.429. The Labute approximate surface area is 182 Å². The molecule has 1 saturated heterocycles. The van der Waals surface area contributed by atoms with E-state index in [1.807, 2.05) is 45.0 Å². The molecular formula is C21H28N4O5S. The van der Waals surface area contributed by atoms with Crippen LogP contribution in [0.25, 0.3) is 0 Å². The summed E-state index contributed by atoms with van der Waals surface area (Å²) in [4.78, 5) is 16.2. The lowest BCUT2D eigenvalue weighted by molar-refractivity contribution is -0.0440. The molecule has 0 unspecified atom stereocenters. The van der Waals surface area contributed by atoms with Crippen molar-refractivity contribution in [2.45, 2.75) is 33.0 Å². The van der Waals surface area contributed by atoms with Gasteiger partial charge in [0.25, 0.3) is 0 Å². The molecule has 1 aromatic carbocycles. The van der Waals surface area contributed by atoms with Crippen LogP contribution in [-0.2, 0) is 14.8 Å². The molecule has 2 atom stereocenters. The van der Waals surface area contributed by atoms with Crippen molar-refractivity contribution in [2.75, 3.05) is 30.7 Å². The number of sulfonamides is 1. The average Bonchev–Trinajstić information content (AvgIpc) is 2.70. The highest BCUT2D eigenvalue weighted by atomic mass is 32.2. The van der Waals surface area contributed by atoms with E-state index < -0.39 is 16.1 Å². The van der Waals surface area contributed by atoms with E-state index in [1.54, 1.807) is 12.1 Å². The number of rotatable bonds is 7. The zero-order chi connectivity index (χ0) is 22.4. The third-order valence-electron chi connectivity index (χ3n) is 4.66. The second-order valence-corrected chi connectivity index (χ2v) is 9.66. The lowest BCUT2D eigenvalue weighted by Crippen LogP contribution is -2.49. The Morgan fingerprint density at radius 3 is 2.45 bits per heavy atom. The van der Waals surface area contributed by atoms with Crippen molar-refractivity contribution in [3.63, 3.8) is 0 Å². The summed E-state index contributed by atoms with van der Waals surface area (Å²) in [5.41, 5.74) is 1.60. The number of benzene rings is 1. The Hall–Kier alpha value is -2.69. The Bertz CT molecular complexity index is 970. The van der Waals surface area contributed by atoms with Crippen molar-refractivity contribution in [3.8, 4) is 11.6 Å². The van der Waals surface area contributed by atoms with Crippen LogP contribution in [0.3, 0.4) is 0 Å². The maximum absolute atomic E-state index is 12.5. The number of urea groups is 1. The molecule has 3 rings (SSSR count). The van der Waals surface area contributed by atoms with Gasteiger partial charge in [-0.05, 0) is 39.0 Å². The Morgan fingerprint density at radius 2 is 1.84 bits per heavy atom. The third-order valence-corrected chi connectivity index (χ3v) is 6.47.